The Balaban J connectivity index is 1.88. The summed E-state index contributed by atoms with van der Waals surface area (Å²) in [6.07, 6.45) is 2.06. The van der Waals surface area contributed by atoms with Gasteiger partial charge in [-0.15, -0.1) is 0 Å². The van der Waals surface area contributed by atoms with Crippen LogP contribution in [0.3, 0.4) is 0 Å². The number of rotatable bonds is 5. The van der Waals surface area contributed by atoms with E-state index < -0.39 is 0 Å². The van der Waals surface area contributed by atoms with Gasteiger partial charge in [0.1, 0.15) is 30.1 Å². The van der Waals surface area contributed by atoms with Crippen molar-refractivity contribution in [2.75, 3.05) is 26.2 Å². The number of benzene rings is 1. The molecule has 5 nitrogen and oxygen atoms in total. The number of nitriles is 2. The van der Waals surface area contributed by atoms with E-state index in [1.807, 2.05) is 36.4 Å². The van der Waals surface area contributed by atoms with Gasteiger partial charge >= 0.3 is 0 Å². The Hall–Kier alpha value is -2.34. The smallest absolute Gasteiger partial charge is 0.130 e. The largest absolute Gasteiger partial charge is 0.492 e. The molecule has 1 aliphatic rings. The highest BCUT2D eigenvalue weighted by molar-refractivity contribution is 5.62. The first-order chi connectivity index (χ1) is 11.1. The van der Waals surface area contributed by atoms with Crippen LogP contribution in [0.1, 0.15) is 19.4 Å². The number of ether oxygens (including phenoxy) is 2. The van der Waals surface area contributed by atoms with Gasteiger partial charge in [-0.2, -0.15) is 10.5 Å². The molecule has 120 valence electrons. The number of hydrogen-bond acceptors (Lipinski definition) is 5. The molecule has 0 N–H and O–H groups in total. The van der Waals surface area contributed by atoms with Crippen LogP contribution in [0.4, 0.5) is 0 Å². The van der Waals surface area contributed by atoms with Gasteiger partial charge in [-0.05, 0) is 37.6 Å². The molecular weight excluding hydrogens is 290 g/mol. The van der Waals surface area contributed by atoms with Gasteiger partial charge < -0.3 is 9.47 Å². The van der Waals surface area contributed by atoms with Crippen molar-refractivity contribution in [2.24, 2.45) is 0 Å². The summed E-state index contributed by atoms with van der Waals surface area (Å²) in [5, 5.41) is 17.6. The van der Waals surface area contributed by atoms with E-state index in [-0.39, 0.29) is 17.8 Å². The second-order valence-corrected chi connectivity index (χ2v) is 5.72. The van der Waals surface area contributed by atoms with Gasteiger partial charge in [0.2, 0.25) is 0 Å². The van der Waals surface area contributed by atoms with Gasteiger partial charge in [-0.25, -0.2) is 0 Å². The summed E-state index contributed by atoms with van der Waals surface area (Å²) in [5.74, 6) is 0.739. The van der Waals surface area contributed by atoms with Gasteiger partial charge in [0.15, 0.2) is 0 Å². The van der Waals surface area contributed by atoms with Gasteiger partial charge in [0, 0.05) is 19.6 Å². The van der Waals surface area contributed by atoms with Crippen LogP contribution < -0.4 is 4.74 Å². The SMILES string of the molecule is CC1CN(CCOc2cccc(C=C(C#N)C#N)c2)CC(C)O1. The molecule has 2 unspecified atom stereocenters. The third-order valence-corrected chi connectivity index (χ3v) is 3.58. The van der Waals surface area contributed by atoms with Crippen molar-refractivity contribution in [3.63, 3.8) is 0 Å². The average Bonchev–Trinajstić information content (AvgIpc) is 2.52. The molecule has 1 heterocycles. The van der Waals surface area contributed by atoms with Gasteiger partial charge in [-0.3, -0.25) is 4.90 Å². The molecule has 0 saturated carbocycles. The van der Waals surface area contributed by atoms with Crippen LogP contribution >= 0.6 is 0 Å². The molecule has 0 amide bonds. The van der Waals surface area contributed by atoms with E-state index >= 15 is 0 Å². The standard InChI is InChI=1S/C18H21N3O2/c1-14-12-21(13-15(2)23-14)6-7-22-18-5-3-4-16(9-18)8-17(10-19)11-20/h3-5,8-9,14-15H,6-7,12-13H2,1-2H3. The first-order valence-electron chi connectivity index (χ1n) is 7.73. The van der Waals surface area contributed by atoms with E-state index in [1.54, 1.807) is 6.08 Å². The molecule has 1 aliphatic heterocycles. The third-order valence-electron chi connectivity index (χ3n) is 3.58. The van der Waals surface area contributed by atoms with Crippen molar-refractivity contribution in [3.05, 3.63) is 35.4 Å². The van der Waals surface area contributed by atoms with Gasteiger partial charge in [0.05, 0.1) is 12.2 Å². The first-order valence-corrected chi connectivity index (χ1v) is 7.73. The minimum absolute atomic E-state index is 0.0819. The summed E-state index contributed by atoms with van der Waals surface area (Å²) in [7, 11) is 0. The maximum absolute atomic E-state index is 8.80. The zero-order valence-electron chi connectivity index (χ0n) is 13.5. The zero-order valence-corrected chi connectivity index (χ0v) is 13.5. The molecule has 1 fully saturated rings. The second-order valence-electron chi connectivity index (χ2n) is 5.72. The van der Waals surface area contributed by atoms with Gasteiger partial charge in [-0.1, -0.05) is 12.1 Å². The molecule has 1 aromatic carbocycles. The lowest BCUT2D eigenvalue weighted by molar-refractivity contribution is -0.0699. The summed E-state index contributed by atoms with van der Waals surface area (Å²) in [4.78, 5) is 2.34. The van der Waals surface area contributed by atoms with Crippen LogP contribution in [0.25, 0.3) is 6.08 Å². The molecule has 0 aliphatic carbocycles. The fourth-order valence-corrected chi connectivity index (χ4v) is 2.71. The normalized spacial score (nSPS) is 21.0. The van der Waals surface area contributed by atoms with Crippen LogP contribution in [0.2, 0.25) is 0 Å². The summed E-state index contributed by atoms with van der Waals surface area (Å²) >= 11 is 0. The Morgan fingerprint density at radius 1 is 1.30 bits per heavy atom. The maximum atomic E-state index is 8.80. The van der Waals surface area contributed by atoms with E-state index in [0.717, 1.165) is 30.9 Å². The van der Waals surface area contributed by atoms with Crippen molar-refractivity contribution in [3.8, 4) is 17.9 Å². The molecule has 2 atom stereocenters. The van der Waals surface area contributed by atoms with E-state index in [9.17, 15) is 0 Å². The molecule has 1 saturated heterocycles. The van der Waals surface area contributed by atoms with Gasteiger partial charge in [0.25, 0.3) is 0 Å². The highest BCUT2D eigenvalue weighted by atomic mass is 16.5. The molecule has 0 radical (unpaired) electrons. The van der Waals surface area contributed by atoms with Crippen LogP contribution in [0, 0.1) is 22.7 Å². The third kappa shape index (κ3) is 5.41. The monoisotopic (exact) mass is 311 g/mol. The van der Waals surface area contributed by atoms with Crippen molar-refractivity contribution >= 4 is 6.08 Å². The zero-order chi connectivity index (χ0) is 16.7. The predicted molar refractivity (Wildman–Crippen MR) is 87.6 cm³/mol. The van der Waals surface area contributed by atoms with Crippen molar-refractivity contribution in [1.82, 2.24) is 4.90 Å². The maximum Gasteiger partial charge on any atom is 0.130 e. The fraction of sp³-hybridized carbons (Fsp3) is 0.444. The van der Waals surface area contributed by atoms with Crippen LogP contribution in [0.5, 0.6) is 5.75 Å². The molecule has 5 heteroatoms. The van der Waals surface area contributed by atoms with E-state index in [0.29, 0.717) is 6.61 Å². The molecule has 2 rings (SSSR count). The van der Waals surface area contributed by atoms with Crippen LogP contribution in [-0.2, 0) is 4.74 Å². The molecule has 23 heavy (non-hydrogen) atoms. The summed E-state index contributed by atoms with van der Waals surface area (Å²) in [6, 6.07) is 11.1. The lowest BCUT2D eigenvalue weighted by atomic mass is 10.1. The first kappa shape index (κ1) is 17.0. The van der Waals surface area contributed by atoms with Crippen LogP contribution in [0.15, 0.2) is 29.8 Å². The molecule has 0 bridgehead atoms. The van der Waals surface area contributed by atoms with E-state index in [4.69, 9.17) is 20.0 Å². The Morgan fingerprint density at radius 3 is 2.65 bits per heavy atom. The molecule has 0 aromatic heterocycles. The highest BCUT2D eigenvalue weighted by Crippen LogP contribution is 2.16. The summed E-state index contributed by atoms with van der Waals surface area (Å²) < 4.78 is 11.5. The predicted octanol–water partition coefficient (Wildman–Crippen LogP) is 2.61. The Morgan fingerprint density at radius 2 is 2.00 bits per heavy atom. The number of nitrogens with zero attached hydrogens (tertiary/aromatic N) is 3. The summed E-state index contributed by atoms with van der Waals surface area (Å²) in [5.41, 5.74) is 0.868. The topological polar surface area (TPSA) is 69.3 Å². The molecular formula is C18H21N3O2. The quantitative estimate of drug-likeness (QED) is 0.782. The number of hydrogen-bond donors (Lipinski definition) is 0. The lowest BCUT2D eigenvalue weighted by Crippen LogP contribution is -2.46. The van der Waals surface area contributed by atoms with E-state index in [1.165, 1.54) is 0 Å². The number of morpholine rings is 1. The minimum atomic E-state index is 0.0819. The Bertz CT molecular complexity index is 616. The molecule has 0 spiro atoms. The Labute approximate surface area is 137 Å². The van der Waals surface area contributed by atoms with Crippen molar-refractivity contribution in [1.29, 1.82) is 10.5 Å². The molecule has 1 aromatic rings. The second kappa shape index (κ2) is 8.33. The highest BCUT2D eigenvalue weighted by Gasteiger charge is 2.21. The van der Waals surface area contributed by atoms with E-state index in [2.05, 4.69) is 18.7 Å². The Kier molecular flexibility index (Phi) is 6.17. The van der Waals surface area contributed by atoms with Crippen molar-refractivity contribution in [2.45, 2.75) is 26.1 Å². The number of allylic oxidation sites excluding steroid dienone is 1. The van der Waals surface area contributed by atoms with Crippen molar-refractivity contribution < 1.29 is 9.47 Å². The summed E-state index contributed by atoms with van der Waals surface area (Å²) in [6.45, 7) is 7.45. The minimum Gasteiger partial charge on any atom is -0.492 e. The lowest BCUT2D eigenvalue weighted by Gasteiger charge is -2.35. The fourth-order valence-electron chi connectivity index (χ4n) is 2.71. The van der Waals surface area contributed by atoms with Crippen LogP contribution in [-0.4, -0.2) is 43.3 Å². The average molecular weight is 311 g/mol.